The summed E-state index contributed by atoms with van der Waals surface area (Å²) < 4.78 is 5.85. The molecule has 0 aliphatic carbocycles. The summed E-state index contributed by atoms with van der Waals surface area (Å²) in [6, 6.07) is 13.0. The number of carboxylic acid groups (broad SMARTS) is 1. The van der Waals surface area contributed by atoms with Crippen LogP contribution >= 0.6 is 11.6 Å². The number of hydrogen-bond donors (Lipinski definition) is 1. The van der Waals surface area contributed by atoms with Crippen LogP contribution < -0.4 is 4.74 Å². The first kappa shape index (κ1) is 26.7. The lowest BCUT2D eigenvalue weighted by molar-refractivity contribution is -0.144. The summed E-state index contributed by atoms with van der Waals surface area (Å²) in [7, 11) is 0. The van der Waals surface area contributed by atoms with E-state index >= 15 is 0 Å². The number of aryl methyl sites for hydroxylation is 1. The molecule has 2 unspecified atom stereocenters. The molecule has 7 nitrogen and oxygen atoms in total. The number of aliphatic carboxylic acids is 1. The van der Waals surface area contributed by atoms with Crippen LogP contribution in [0.3, 0.4) is 0 Å². The van der Waals surface area contributed by atoms with Gasteiger partial charge in [0.15, 0.2) is 0 Å². The number of imide groups is 1. The number of amides is 2. The molecule has 1 heterocycles. The van der Waals surface area contributed by atoms with Gasteiger partial charge >= 0.3 is 5.97 Å². The number of halogens is 1. The molecule has 1 saturated heterocycles. The van der Waals surface area contributed by atoms with Crippen LogP contribution in [0.5, 0.6) is 5.75 Å². The maximum Gasteiger partial charge on any atom is 0.308 e. The molecule has 2 aromatic rings. The van der Waals surface area contributed by atoms with Gasteiger partial charge in [-0.1, -0.05) is 49.7 Å². The first-order valence-electron chi connectivity index (χ1n) is 12.0. The van der Waals surface area contributed by atoms with E-state index in [0.29, 0.717) is 17.3 Å². The molecule has 0 spiro atoms. The molecule has 0 radical (unpaired) electrons. The number of benzene rings is 2. The molecule has 2 atom stereocenters. The normalized spacial score (nSPS) is 15.5. The number of ether oxygens (including phenoxy) is 1. The number of rotatable bonds is 12. The summed E-state index contributed by atoms with van der Waals surface area (Å²) in [4.78, 5) is 38.9. The van der Waals surface area contributed by atoms with Gasteiger partial charge in [0.25, 0.3) is 0 Å². The van der Waals surface area contributed by atoms with Crippen LogP contribution in [0.25, 0.3) is 0 Å². The molecule has 0 bridgehead atoms. The zero-order chi connectivity index (χ0) is 25.5. The molecule has 2 aromatic carbocycles. The largest absolute Gasteiger partial charge is 0.491 e. The van der Waals surface area contributed by atoms with Crippen molar-refractivity contribution in [1.29, 1.82) is 0 Å². The van der Waals surface area contributed by atoms with E-state index in [1.807, 2.05) is 37.3 Å². The molecular weight excluding hydrogens is 468 g/mol. The van der Waals surface area contributed by atoms with Crippen molar-refractivity contribution in [3.8, 4) is 5.75 Å². The van der Waals surface area contributed by atoms with Gasteiger partial charge in [-0.25, -0.2) is 0 Å². The number of nitrogens with zero attached hydrogens (tertiary/aromatic N) is 2. The van der Waals surface area contributed by atoms with Crippen molar-refractivity contribution in [1.82, 2.24) is 9.80 Å². The maximum atomic E-state index is 12.0. The molecular formula is C27H33ClN2O5. The van der Waals surface area contributed by atoms with Crippen molar-refractivity contribution in [2.45, 2.75) is 52.6 Å². The lowest BCUT2D eigenvalue weighted by atomic mass is 9.92. The summed E-state index contributed by atoms with van der Waals surface area (Å²) in [6.45, 7) is 7.58. The van der Waals surface area contributed by atoms with E-state index in [1.165, 1.54) is 4.90 Å². The van der Waals surface area contributed by atoms with Crippen LogP contribution in [0.4, 0.5) is 0 Å². The summed E-state index contributed by atoms with van der Waals surface area (Å²) in [5, 5.41) is 10.4. The van der Waals surface area contributed by atoms with Crippen LogP contribution in [0.1, 0.15) is 55.8 Å². The van der Waals surface area contributed by atoms with Gasteiger partial charge in [-0.3, -0.25) is 24.2 Å². The minimum absolute atomic E-state index is 0.146. The second-order valence-corrected chi connectivity index (χ2v) is 9.42. The highest BCUT2D eigenvalue weighted by Gasteiger charge is 2.31. The van der Waals surface area contributed by atoms with Crippen LogP contribution in [0.15, 0.2) is 42.5 Å². The molecule has 1 aliphatic heterocycles. The van der Waals surface area contributed by atoms with E-state index < -0.39 is 11.9 Å². The molecule has 1 N–H and O–H groups in total. The molecule has 2 amide bonds. The van der Waals surface area contributed by atoms with Gasteiger partial charge in [0.05, 0.1) is 12.5 Å². The quantitative estimate of drug-likeness (QED) is 0.419. The smallest absolute Gasteiger partial charge is 0.308 e. The molecule has 1 fully saturated rings. The second-order valence-electron chi connectivity index (χ2n) is 8.98. The van der Waals surface area contributed by atoms with Crippen LogP contribution in [0.2, 0.25) is 5.02 Å². The molecule has 3 rings (SSSR count). The van der Waals surface area contributed by atoms with Gasteiger partial charge in [0, 0.05) is 30.5 Å². The van der Waals surface area contributed by atoms with Crippen molar-refractivity contribution in [2.75, 3.05) is 19.7 Å². The minimum atomic E-state index is -0.846. The highest BCUT2D eigenvalue weighted by Crippen LogP contribution is 2.32. The summed E-state index contributed by atoms with van der Waals surface area (Å²) in [6.07, 6.45) is 1.43. The SMILES string of the molecule is CCCN(Cc1ccc(OCCN2C(=O)CCC2=O)c(C)c1)C(c1ccc(Cl)cc1)C(C)C(=O)O. The van der Waals surface area contributed by atoms with Gasteiger partial charge in [-0.2, -0.15) is 0 Å². The Morgan fingerprint density at radius 2 is 1.80 bits per heavy atom. The summed E-state index contributed by atoms with van der Waals surface area (Å²) in [5.41, 5.74) is 2.90. The predicted molar refractivity (Wildman–Crippen MR) is 134 cm³/mol. The number of hydrogen-bond acceptors (Lipinski definition) is 5. The Bertz CT molecular complexity index is 1040. The van der Waals surface area contributed by atoms with E-state index in [0.717, 1.165) is 29.7 Å². The first-order valence-corrected chi connectivity index (χ1v) is 12.4. The minimum Gasteiger partial charge on any atom is -0.491 e. The topological polar surface area (TPSA) is 87.2 Å². The van der Waals surface area contributed by atoms with Crippen molar-refractivity contribution in [3.63, 3.8) is 0 Å². The van der Waals surface area contributed by atoms with Crippen molar-refractivity contribution < 1.29 is 24.2 Å². The van der Waals surface area contributed by atoms with Crippen molar-refractivity contribution >= 4 is 29.4 Å². The first-order chi connectivity index (χ1) is 16.7. The van der Waals surface area contributed by atoms with E-state index in [-0.39, 0.29) is 43.8 Å². The Balaban J connectivity index is 1.73. The zero-order valence-electron chi connectivity index (χ0n) is 20.5. The van der Waals surface area contributed by atoms with E-state index in [9.17, 15) is 19.5 Å². The fourth-order valence-corrected chi connectivity index (χ4v) is 4.67. The maximum absolute atomic E-state index is 12.0. The van der Waals surface area contributed by atoms with Crippen LogP contribution in [-0.4, -0.2) is 52.4 Å². The predicted octanol–water partition coefficient (Wildman–Crippen LogP) is 4.85. The van der Waals surface area contributed by atoms with Crippen molar-refractivity contribution in [2.24, 2.45) is 5.92 Å². The Kier molecular flexibility index (Phi) is 9.29. The van der Waals surface area contributed by atoms with Gasteiger partial charge in [0.2, 0.25) is 11.8 Å². The fraction of sp³-hybridized carbons (Fsp3) is 0.444. The van der Waals surface area contributed by atoms with Gasteiger partial charge in [0.1, 0.15) is 12.4 Å². The third-order valence-corrected chi connectivity index (χ3v) is 6.58. The van der Waals surface area contributed by atoms with Gasteiger partial charge < -0.3 is 9.84 Å². The zero-order valence-corrected chi connectivity index (χ0v) is 21.3. The molecule has 35 heavy (non-hydrogen) atoms. The number of carboxylic acids is 1. The van der Waals surface area contributed by atoms with E-state index in [1.54, 1.807) is 19.1 Å². The fourth-order valence-electron chi connectivity index (χ4n) is 4.54. The van der Waals surface area contributed by atoms with Gasteiger partial charge in [-0.15, -0.1) is 0 Å². The monoisotopic (exact) mass is 500 g/mol. The highest BCUT2D eigenvalue weighted by atomic mass is 35.5. The second kappa shape index (κ2) is 12.2. The molecule has 8 heteroatoms. The average Bonchev–Trinajstić information content (AvgIpc) is 3.14. The summed E-state index contributed by atoms with van der Waals surface area (Å²) >= 11 is 6.07. The molecule has 0 aromatic heterocycles. The standard InChI is InChI=1S/C27H33ClN2O5/c1-4-13-29(26(19(3)27(33)34)21-6-8-22(28)9-7-21)17-20-5-10-23(18(2)16-20)35-15-14-30-24(31)11-12-25(30)32/h5-10,16,19,26H,4,11-15,17H2,1-3H3,(H,33,34). The van der Waals surface area contributed by atoms with Gasteiger partial charge in [-0.05, 0) is 54.8 Å². The highest BCUT2D eigenvalue weighted by molar-refractivity contribution is 6.30. The number of carbonyl (C=O) groups is 3. The lowest BCUT2D eigenvalue weighted by Crippen LogP contribution is -2.36. The third kappa shape index (κ3) is 6.83. The van der Waals surface area contributed by atoms with Crippen molar-refractivity contribution in [3.05, 3.63) is 64.2 Å². The van der Waals surface area contributed by atoms with E-state index in [2.05, 4.69) is 11.8 Å². The Labute approximate surface area is 211 Å². The lowest BCUT2D eigenvalue weighted by Gasteiger charge is -2.34. The third-order valence-electron chi connectivity index (χ3n) is 6.33. The molecule has 0 saturated carbocycles. The molecule has 188 valence electrons. The Morgan fingerprint density at radius 1 is 1.14 bits per heavy atom. The number of likely N-dealkylation sites (tertiary alicyclic amines) is 1. The Hall–Kier alpha value is -2.90. The van der Waals surface area contributed by atoms with Crippen LogP contribution in [-0.2, 0) is 20.9 Å². The average molecular weight is 501 g/mol. The molecule has 1 aliphatic rings. The van der Waals surface area contributed by atoms with Crippen LogP contribution in [0, 0.1) is 12.8 Å². The Morgan fingerprint density at radius 3 is 2.37 bits per heavy atom. The summed E-state index contributed by atoms with van der Waals surface area (Å²) in [5.74, 6) is -1.05. The number of carbonyl (C=O) groups excluding carboxylic acids is 2. The van der Waals surface area contributed by atoms with E-state index in [4.69, 9.17) is 16.3 Å².